The van der Waals surface area contributed by atoms with Crippen molar-refractivity contribution in [3.05, 3.63) is 263 Å². The van der Waals surface area contributed by atoms with E-state index >= 15 is 13.2 Å². The molecule has 2 heterocycles. The first kappa shape index (κ1) is 49.4. The molecule has 0 amide bonds. The fraction of sp³-hybridized carbons (Fsp3) is 0.0685. The van der Waals surface area contributed by atoms with Gasteiger partial charge >= 0.3 is 6.18 Å². The van der Waals surface area contributed by atoms with Crippen LogP contribution >= 0.6 is 0 Å². The van der Waals surface area contributed by atoms with Crippen LogP contribution in [0, 0.1) is 50.4 Å². The summed E-state index contributed by atoms with van der Waals surface area (Å²) in [5.74, 6) is 0. The Morgan fingerprint density at radius 2 is 0.738 bits per heavy atom. The molecule has 0 aliphatic heterocycles. The number of hydrogen-bond donors (Lipinski definition) is 0. The molecule has 13 rings (SSSR count). The molecule has 0 bridgehead atoms. The zero-order chi connectivity index (χ0) is 55.0. The minimum atomic E-state index is -4.77. The average molecular weight is 1040 g/mol. The predicted octanol–water partition coefficient (Wildman–Crippen LogP) is 19.9. The summed E-state index contributed by atoms with van der Waals surface area (Å²) in [6.45, 7) is 8.46. The van der Waals surface area contributed by atoms with Gasteiger partial charge in [-0.25, -0.2) is 0 Å². The second kappa shape index (κ2) is 19.4. The summed E-state index contributed by atoms with van der Waals surface area (Å²) in [7, 11) is 0. The molecule has 0 spiro atoms. The first-order valence-corrected chi connectivity index (χ1v) is 26.6. The van der Waals surface area contributed by atoms with E-state index in [0.29, 0.717) is 22.4 Å². The topological polar surface area (TPSA) is 57.4 Å². The van der Waals surface area contributed by atoms with Crippen LogP contribution in [0.25, 0.3) is 122 Å². The highest BCUT2D eigenvalue weighted by molar-refractivity contribution is 6.14. The summed E-state index contributed by atoms with van der Waals surface area (Å²) in [4.78, 5) is 0. The number of alkyl halides is 3. The molecule has 0 aliphatic carbocycles. The van der Waals surface area contributed by atoms with Gasteiger partial charge in [-0.3, -0.25) is 0 Å². The van der Waals surface area contributed by atoms with Gasteiger partial charge in [0.15, 0.2) is 0 Å². The number of aromatic nitrogens is 2. The standard InChI is InChI=1S/C73H49F3N4/c1-44-13-5-9-17-56(44)49-23-30-68-63(36-49)64-37-50(57-18-10-6-14-45(57)2)24-31-69(64)79(68)55-28-22-54(43-78)61(41-55)62-40-53(60-29-21-48(42-77)35-67(60)73(74,75)76)27-34-70(62)80-71-32-25-51(58-19-11-7-15-46(58)3)38-65(71)66-39-52(26-33-72(66)80)59-20-12-8-16-47(59)4/h5-41H,1-4H3. The van der Waals surface area contributed by atoms with E-state index in [1.165, 1.54) is 12.1 Å². The molecule has 0 N–H and O–H groups in total. The molecule has 4 nitrogen and oxygen atoms in total. The van der Waals surface area contributed by atoms with Gasteiger partial charge < -0.3 is 9.13 Å². The Labute approximate surface area is 461 Å². The van der Waals surface area contributed by atoms with Gasteiger partial charge in [-0.15, -0.1) is 0 Å². The molecule has 0 saturated heterocycles. The van der Waals surface area contributed by atoms with Crippen molar-refractivity contribution in [3.63, 3.8) is 0 Å². The lowest BCUT2D eigenvalue weighted by atomic mass is 9.91. The number of benzene rings is 11. The van der Waals surface area contributed by atoms with Gasteiger partial charge in [0, 0.05) is 38.4 Å². The van der Waals surface area contributed by atoms with Gasteiger partial charge in [-0.2, -0.15) is 23.7 Å². The Kier molecular flexibility index (Phi) is 11.9. The number of aryl methyl sites for hydroxylation is 4. The van der Waals surface area contributed by atoms with Crippen LogP contribution in [-0.4, -0.2) is 9.13 Å². The molecule has 0 unspecified atom stereocenters. The molecule has 2 aromatic heterocycles. The highest BCUT2D eigenvalue weighted by atomic mass is 19.4. The number of hydrogen-bond acceptors (Lipinski definition) is 2. The van der Waals surface area contributed by atoms with E-state index < -0.39 is 11.7 Å². The molecular formula is C73H49F3N4. The van der Waals surface area contributed by atoms with E-state index in [1.54, 1.807) is 12.1 Å². The van der Waals surface area contributed by atoms with Crippen LogP contribution in [0.4, 0.5) is 13.2 Å². The molecule has 0 atom stereocenters. The third-order valence-electron chi connectivity index (χ3n) is 16.0. The highest BCUT2D eigenvalue weighted by Gasteiger charge is 2.34. The summed E-state index contributed by atoms with van der Waals surface area (Å²) in [6, 6.07) is 78.8. The maximum atomic E-state index is 15.2. The van der Waals surface area contributed by atoms with Crippen LogP contribution in [0.15, 0.2) is 224 Å². The first-order valence-electron chi connectivity index (χ1n) is 26.6. The van der Waals surface area contributed by atoms with Gasteiger partial charge in [0.25, 0.3) is 0 Å². The Balaban J connectivity index is 1.10. The van der Waals surface area contributed by atoms with Crippen LogP contribution in [-0.2, 0) is 6.18 Å². The van der Waals surface area contributed by atoms with E-state index in [0.717, 1.165) is 122 Å². The van der Waals surface area contributed by atoms with E-state index in [2.05, 4.69) is 176 Å². The van der Waals surface area contributed by atoms with Crippen molar-refractivity contribution in [1.29, 1.82) is 10.5 Å². The normalized spacial score (nSPS) is 11.7. The largest absolute Gasteiger partial charge is 0.417 e. The minimum Gasteiger partial charge on any atom is -0.309 e. The lowest BCUT2D eigenvalue weighted by molar-refractivity contribution is -0.137. The van der Waals surface area contributed by atoms with E-state index in [4.69, 9.17) is 0 Å². The summed E-state index contributed by atoms with van der Waals surface area (Å²) < 4.78 is 50.0. The number of nitrogens with zero attached hydrogens (tertiary/aromatic N) is 4. The number of rotatable bonds is 8. The smallest absolute Gasteiger partial charge is 0.309 e. The summed E-state index contributed by atoms with van der Waals surface area (Å²) in [6.07, 6.45) is -4.77. The summed E-state index contributed by atoms with van der Waals surface area (Å²) >= 11 is 0. The molecule has 0 aliphatic rings. The van der Waals surface area contributed by atoms with Crippen molar-refractivity contribution in [2.75, 3.05) is 0 Å². The molecule has 13 aromatic rings. The number of nitriles is 2. The van der Waals surface area contributed by atoms with Crippen LogP contribution in [0.1, 0.15) is 38.9 Å². The second-order valence-electron chi connectivity index (χ2n) is 20.8. The van der Waals surface area contributed by atoms with Gasteiger partial charge in [0.2, 0.25) is 0 Å². The fourth-order valence-corrected chi connectivity index (χ4v) is 12.0. The quantitative estimate of drug-likeness (QED) is 0.152. The van der Waals surface area contributed by atoms with Crippen molar-refractivity contribution in [2.45, 2.75) is 33.9 Å². The van der Waals surface area contributed by atoms with E-state index in [-0.39, 0.29) is 16.7 Å². The van der Waals surface area contributed by atoms with Gasteiger partial charge in [0.05, 0.1) is 56.6 Å². The maximum absolute atomic E-state index is 15.2. The van der Waals surface area contributed by atoms with Crippen LogP contribution < -0.4 is 0 Å². The van der Waals surface area contributed by atoms with Crippen LogP contribution in [0.3, 0.4) is 0 Å². The van der Waals surface area contributed by atoms with E-state index in [9.17, 15) is 10.5 Å². The summed E-state index contributed by atoms with van der Waals surface area (Å²) in [5.41, 5.74) is 19.1. The van der Waals surface area contributed by atoms with Crippen molar-refractivity contribution < 1.29 is 13.2 Å². The molecule has 80 heavy (non-hydrogen) atoms. The highest BCUT2D eigenvalue weighted by Crippen LogP contribution is 2.46. The molecule has 382 valence electrons. The second-order valence-corrected chi connectivity index (χ2v) is 20.8. The third-order valence-corrected chi connectivity index (χ3v) is 16.0. The minimum absolute atomic E-state index is 0.0803. The first-order chi connectivity index (χ1) is 38.9. The van der Waals surface area contributed by atoms with Crippen LogP contribution in [0.2, 0.25) is 0 Å². The monoisotopic (exact) mass is 1040 g/mol. The van der Waals surface area contributed by atoms with Gasteiger partial charge in [0.1, 0.15) is 0 Å². The predicted molar refractivity (Wildman–Crippen MR) is 321 cm³/mol. The Hall–Kier alpha value is -10.2. The number of fused-ring (bicyclic) bond motifs is 6. The lowest BCUT2D eigenvalue weighted by Gasteiger charge is -2.20. The third kappa shape index (κ3) is 8.31. The van der Waals surface area contributed by atoms with Gasteiger partial charge in [-0.05, 0) is 197 Å². The zero-order valence-electron chi connectivity index (χ0n) is 44.3. The SMILES string of the molecule is Cc1ccccc1-c1ccc2c(c1)c1cc(-c3ccccc3C)ccc1n2-c1ccc(C#N)c(-c2cc(-c3ccc(C#N)cc3C(F)(F)F)ccc2-n2c3ccc(-c4ccccc4C)cc3c3cc(-c4ccccc4C)ccc32)c1. The van der Waals surface area contributed by atoms with E-state index in [1.807, 2.05) is 66.7 Å². The molecule has 0 fully saturated rings. The average Bonchev–Trinajstić information content (AvgIpc) is 3.92. The zero-order valence-corrected chi connectivity index (χ0v) is 44.3. The Morgan fingerprint density at radius 1 is 0.338 bits per heavy atom. The number of halogens is 3. The van der Waals surface area contributed by atoms with Gasteiger partial charge in [-0.1, -0.05) is 133 Å². The Morgan fingerprint density at radius 3 is 1.14 bits per heavy atom. The van der Waals surface area contributed by atoms with Crippen molar-refractivity contribution in [2.24, 2.45) is 0 Å². The lowest BCUT2D eigenvalue weighted by Crippen LogP contribution is -2.08. The summed E-state index contributed by atoms with van der Waals surface area (Å²) in [5, 5.41) is 25.1. The maximum Gasteiger partial charge on any atom is 0.417 e. The van der Waals surface area contributed by atoms with Crippen LogP contribution in [0.5, 0.6) is 0 Å². The molecule has 0 radical (unpaired) electrons. The Bertz CT molecular complexity index is 4580. The fourth-order valence-electron chi connectivity index (χ4n) is 12.0. The molecule has 0 saturated carbocycles. The van der Waals surface area contributed by atoms with Crippen molar-refractivity contribution in [1.82, 2.24) is 9.13 Å². The van der Waals surface area contributed by atoms with Crippen molar-refractivity contribution >= 4 is 43.6 Å². The molecule has 11 aromatic carbocycles. The molecule has 7 heteroatoms. The molecular weight excluding hydrogens is 990 g/mol. The van der Waals surface area contributed by atoms with Crippen molar-refractivity contribution in [3.8, 4) is 90.3 Å².